The minimum Gasteiger partial charge on any atom is -0.492 e. The normalized spacial score (nSPS) is 11.0. The van der Waals surface area contributed by atoms with Crippen LogP contribution in [0.25, 0.3) is 0 Å². The molecule has 0 unspecified atom stereocenters. The van der Waals surface area contributed by atoms with Crippen molar-refractivity contribution in [3.63, 3.8) is 0 Å². The predicted molar refractivity (Wildman–Crippen MR) is 120 cm³/mol. The van der Waals surface area contributed by atoms with E-state index < -0.39 is 0 Å². The zero-order chi connectivity index (χ0) is 22.4. The highest BCUT2D eigenvalue weighted by atomic mass is 16.5. The van der Waals surface area contributed by atoms with Crippen LogP contribution in [0.5, 0.6) is 11.5 Å². The number of anilines is 3. The Balaban J connectivity index is 1.84. The Labute approximate surface area is 181 Å². The highest BCUT2D eigenvalue weighted by Gasteiger charge is 2.17. The lowest BCUT2D eigenvalue weighted by atomic mass is 10.1. The molecule has 0 spiro atoms. The summed E-state index contributed by atoms with van der Waals surface area (Å²) in [5, 5.41) is 7.19. The number of likely N-dealkylation sites (N-methyl/N-ethyl adjacent to an activating group) is 1. The van der Waals surface area contributed by atoms with Gasteiger partial charge in [0.05, 0.1) is 17.5 Å². The Morgan fingerprint density at radius 3 is 2.58 bits per heavy atom. The lowest BCUT2D eigenvalue weighted by molar-refractivity contribution is 0.0944. The second kappa shape index (κ2) is 9.94. The van der Waals surface area contributed by atoms with E-state index in [1.165, 1.54) is 12.7 Å². The van der Waals surface area contributed by atoms with Crippen LogP contribution in [0.15, 0.2) is 49.1 Å². The molecule has 0 radical (unpaired) electrons. The molecule has 0 aliphatic carbocycles. The molecule has 3 N–H and O–H groups in total. The maximum absolute atomic E-state index is 12.7. The van der Waals surface area contributed by atoms with Crippen molar-refractivity contribution in [2.45, 2.75) is 20.0 Å². The largest absolute Gasteiger partial charge is 0.492 e. The molecule has 1 aromatic heterocycles. The van der Waals surface area contributed by atoms with Gasteiger partial charge in [-0.15, -0.1) is 0 Å². The minimum absolute atomic E-state index is 0.0906. The SMILES string of the molecule is CC(C)Oc1c(N)cc(C(=O)n2cncn2)cc1Nc1ccc(OCCN(C)C)cc1. The summed E-state index contributed by atoms with van der Waals surface area (Å²) in [5.41, 5.74) is 8.34. The monoisotopic (exact) mass is 424 g/mol. The van der Waals surface area contributed by atoms with Gasteiger partial charge in [-0.1, -0.05) is 0 Å². The van der Waals surface area contributed by atoms with Gasteiger partial charge in [0.1, 0.15) is 25.0 Å². The number of carbonyl (C=O) groups is 1. The third kappa shape index (κ3) is 5.95. The van der Waals surface area contributed by atoms with E-state index in [9.17, 15) is 4.79 Å². The molecule has 2 aromatic carbocycles. The van der Waals surface area contributed by atoms with Crippen molar-refractivity contribution in [3.05, 3.63) is 54.6 Å². The Hall–Kier alpha value is -3.59. The molecule has 0 fully saturated rings. The average Bonchev–Trinajstić information content (AvgIpc) is 3.25. The van der Waals surface area contributed by atoms with Gasteiger partial charge in [0, 0.05) is 17.8 Å². The van der Waals surface area contributed by atoms with E-state index >= 15 is 0 Å². The number of rotatable bonds is 9. The van der Waals surface area contributed by atoms with E-state index in [0.29, 0.717) is 29.3 Å². The Kier molecular flexibility index (Phi) is 7.09. The van der Waals surface area contributed by atoms with Gasteiger partial charge in [0.15, 0.2) is 5.75 Å². The van der Waals surface area contributed by atoms with E-state index in [1.54, 1.807) is 12.1 Å². The Morgan fingerprint density at radius 1 is 1.23 bits per heavy atom. The fourth-order valence-electron chi connectivity index (χ4n) is 2.82. The number of hydrogen-bond acceptors (Lipinski definition) is 8. The molecule has 3 aromatic rings. The van der Waals surface area contributed by atoms with Gasteiger partial charge in [0.2, 0.25) is 0 Å². The molecule has 9 heteroatoms. The van der Waals surface area contributed by atoms with Gasteiger partial charge in [-0.05, 0) is 64.3 Å². The molecule has 0 aliphatic heterocycles. The van der Waals surface area contributed by atoms with Crippen LogP contribution < -0.4 is 20.5 Å². The third-order valence-electron chi connectivity index (χ3n) is 4.29. The van der Waals surface area contributed by atoms with Crippen LogP contribution in [0.2, 0.25) is 0 Å². The summed E-state index contributed by atoms with van der Waals surface area (Å²) in [7, 11) is 4.00. The number of aromatic nitrogens is 3. The number of nitrogens with two attached hydrogens (primary N) is 1. The van der Waals surface area contributed by atoms with Gasteiger partial charge in [-0.3, -0.25) is 4.79 Å². The predicted octanol–water partition coefficient (Wildman–Crippen LogP) is 3.02. The van der Waals surface area contributed by atoms with Crippen molar-refractivity contribution >= 4 is 23.0 Å². The molecule has 3 rings (SSSR count). The van der Waals surface area contributed by atoms with Crippen molar-refractivity contribution < 1.29 is 14.3 Å². The number of nitrogens with one attached hydrogen (secondary N) is 1. The van der Waals surface area contributed by atoms with E-state index in [2.05, 4.69) is 20.3 Å². The lowest BCUT2D eigenvalue weighted by Gasteiger charge is -2.19. The summed E-state index contributed by atoms with van der Waals surface area (Å²) < 4.78 is 12.8. The maximum Gasteiger partial charge on any atom is 0.279 e. The molecule has 0 amide bonds. The number of hydrogen-bond donors (Lipinski definition) is 2. The number of carbonyl (C=O) groups excluding carboxylic acids is 1. The first-order chi connectivity index (χ1) is 14.8. The van der Waals surface area contributed by atoms with E-state index in [4.69, 9.17) is 15.2 Å². The molecular weight excluding hydrogens is 396 g/mol. The van der Waals surface area contributed by atoms with Crippen LogP contribution in [-0.4, -0.2) is 58.9 Å². The van der Waals surface area contributed by atoms with Crippen LogP contribution in [0.1, 0.15) is 24.2 Å². The molecule has 164 valence electrons. The van der Waals surface area contributed by atoms with Gasteiger partial charge in [-0.25, -0.2) is 4.98 Å². The van der Waals surface area contributed by atoms with Crippen molar-refractivity contribution in [3.8, 4) is 11.5 Å². The second-order valence-electron chi connectivity index (χ2n) is 7.56. The van der Waals surface area contributed by atoms with Crippen molar-refractivity contribution in [1.29, 1.82) is 0 Å². The van der Waals surface area contributed by atoms with E-state index in [-0.39, 0.29) is 12.0 Å². The van der Waals surface area contributed by atoms with Crippen LogP contribution >= 0.6 is 0 Å². The molecule has 1 heterocycles. The molecule has 0 aliphatic rings. The topological polar surface area (TPSA) is 108 Å². The van der Waals surface area contributed by atoms with Crippen LogP contribution in [-0.2, 0) is 0 Å². The summed E-state index contributed by atoms with van der Waals surface area (Å²) in [6.07, 6.45) is 2.56. The Bertz CT molecular complexity index is 1000. The van der Waals surface area contributed by atoms with Crippen LogP contribution in [0.3, 0.4) is 0 Å². The zero-order valence-electron chi connectivity index (χ0n) is 18.2. The van der Waals surface area contributed by atoms with Crippen LogP contribution in [0, 0.1) is 0 Å². The van der Waals surface area contributed by atoms with Crippen LogP contribution in [0.4, 0.5) is 17.1 Å². The molecule has 0 atom stereocenters. The Morgan fingerprint density at radius 2 is 1.97 bits per heavy atom. The summed E-state index contributed by atoms with van der Waals surface area (Å²) in [4.78, 5) is 18.6. The average molecular weight is 425 g/mol. The van der Waals surface area contributed by atoms with Crippen molar-refractivity contribution in [2.75, 3.05) is 38.3 Å². The van der Waals surface area contributed by atoms with Crippen molar-refractivity contribution in [1.82, 2.24) is 19.7 Å². The summed E-state index contributed by atoms with van der Waals surface area (Å²) in [6.45, 7) is 5.27. The van der Waals surface area contributed by atoms with E-state index in [0.717, 1.165) is 22.7 Å². The second-order valence-corrected chi connectivity index (χ2v) is 7.56. The molecule has 0 saturated carbocycles. The molecule has 0 bridgehead atoms. The summed E-state index contributed by atoms with van der Waals surface area (Å²) in [6, 6.07) is 10.8. The molecular formula is C22H28N6O3. The van der Waals surface area contributed by atoms with Gasteiger partial charge in [0.25, 0.3) is 5.91 Å². The first kappa shape index (κ1) is 22.1. The third-order valence-corrected chi connectivity index (χ3v) is 4.29. The van der Waals surface area contributed by atoms with Crippen molar-refractivity contribution in [2.24, 2.45) is 0 Å². The highest BCUT2D eigenvalue weighted by molar-refractivity contribution is 5.98. The number of benzene rings is 2. The molecule has 0 saturated heterocycles. The van der Waals surface area contributed by atoms with Gasteiger partial charge >= 0.3 is 0 Å². The summed E-state index contributed by atoms with van der Waals surface area (Å²) in [5.74, 6) is 0.921. The fourth-order valence-corrected chi connectivity index (χ4v) is 2.82. The smallest absolute Gasteiger partial charge is 0.279 e. The molecule has 9 nitrogen and oxygen atoms in total. The maximum atomic E-state index is 12.7. The molecule has 31 heavy (non-hydrogen) atoms. The standard InChI is InChI=1S/C22H28N6O3/c1-15(2)31-21-19(23)11-16(22(29)28-14-24-13-25-28)12-20(21)26-17-5-7-18(8-6-17)30-10-9-27(3)4/h5-8,11-15,26H,9-10,23H2,1-4H3. The number of nitrogen functional groups attached to an aromatic ring is 1. The van der Waals surface area contributed by atoms with Gasteiger partial charge in [-0.2, -0.15) is 9.78 Å². The van der Waals surface area contributed by atoms with E-state index in [1.807, 2.05) is 52.2 Å². The zero-order valence-corrected chi connectivity index (χ0v) is 18.2. The first-order valence-electron chi connectivity index (χ1n) is 9.97. The summed E-state index contributed by atoms with van der Waals surface area (Å²) >= 11 is 0. The fraction of sp³-hybridized carbons (Fsp3) is 0.318. The minimum atomic E-state index is -0.340. The number of ether oxygens (including phenoxy) is 2. The number of nitrogens with zero attached hydrogens (tertiary/aromatic N) is 4. The highest BCUT2D eigenvalue weighted by Crippen LogP contribution is 2.36. The quantitative estimate of drug-likeness (QED) is 0.505. The lowest BCUT2D eigenvalue weighted by Crippen LogP contribution is -2.19. The first-order valence-corrected chi connectivity index (χ1v) is 9.97. The van der Waals surface area contributed by atoms with Gasteiger partial charge < -0.3 is 25.4 Å².